The van der Waals surface area contributed by atoms with E-state index in [1.54, 1.807) is 11.9 Å². The van der Waals surface area contributed by atoms with Crippen LogP contribution in [0, 0.1) is 11.3 Å². The van der Waals surface area contributed by atoms with Crippen LogP contribution in [0.3, 0.4) is 0 Å². The summed E-state index contributed by atoms with van der Waals surface area (Å²) in [5, 5.41) is 20.2. The van der Waals surface area contributed by atoms with Crippen molar-refractivity contribution < 1.29 is 9.90 Å². The van der Waals surface area contributed by atoms with Crippen LogP contribution in [0.2, 0.25) is 0 Å². The third-order valence-corrected chi connectivity index (χ3v) is 1.66. The fourth-order valence-corrected chi connectivity index (χ4v) is 0.989. The van der Waals surface area contributed by atoms with E-state index in [2.05, 4.69) is 5.32 Å². The summed E-state index contributed by atoms with van der Waals surface area (Å²) in [6, 6.07) is 1.84. The number of hydrogen-bond acceptors (Lipinski definition) is 4. The van der Waals surface area contributed by atoms with Crippen LogP contribution in [0.4, 0.5) is 0 Å². The maximum atomic E-state index is 11.6. The van der Waals surface area contributed by atoms with Crippen LogP contribution < -0.4 is 5.32 Å². The summed E-state index contributed by atoms with van der Waals surface area (Å²) in [6.07, 6.45) is 1.43. The molecule has 0 aromatic rings. The highest BCUT2D eigenvalue weighted by Gasteiger charge is 2.17. The van der Waals surface area contributed by atoms with Crippen molar-refractivity contribution in [1.29, 1.82) is 5.26 Å². The van der Waals surface area contributed by atoms with Gasteiger partial charge in [0.25, 0.3) is 5.91 Å². The summed E-state index contributed by atoms with van der Waals surface area (Å²) in [7, 11) is 1.69. The second-order valence-electron chi connectivity index (χ2n) is 4.56. The molecule has 0 aliphatic carbocycles. The van der Waals surface area contributed by atoms with Crippen molar-refractivity contribution in [3.05, 3.63) is 11.8 Å². The molecule has 0 spiro atoms. The second-order valence-corrected chi connectivity index (χ2v) is 4.56. The summed E-state index contributed by atoms with van der Waals surface area (Å²) >= 11 is 0. The maximum absolute atomic E-state index is 11.6. The van der Waals surface area contributed by atoms with Crippen LogP contribution in [0.15, 0.2) is 11.8 Å². The van der Waals surface area contributed by atoms with Crippen molar-refractivity contribution in [2.45, 2.75) is 26.3 Å². The van der Waals surface area contributed by atoms with E-state index in [0.717, 1.165) is 0 Å². The average molecular weight is 225 g/mol. The number of likely N-dealkylation sites (N-methyl/N-ethyl adjacent to an activating group) is 1. The molecule has 0 aliphatic rings. The molecular weight excluding hydrogens is 206 g/mol. The molecule has 0 heterocycles. The topological polar surface area (TPSA) is 76.4 Å². The van der Waals surface area contributed by atoms with Gasteiger partial charge >= 0.3 is 0 Å². The third kappa shape index (κ3) is 6.04. The van der Waals surface area contributed by atoms with E-state index >= 15 is 0 Å². The van der Waals surface area contributed by atoms with Crippen molar-refractivity contribution in [1.82, 2.24) is 10.2 Å². The Bertz CT molecular complexity index is 310. The molecule has 0 saturated carbocycles. The number of hydrogen-bond donors (Lipinski definition) is 2. The standard InChI is InChI=1S/C11H19N3O2/c1-11(2,3)13-10(16)9(7-12)8-14(4)5-6-15/h8,15H,5-6H2,1-4H3,(H,13,16)/b9-8-. The Hall–Kier alpha value is -1.54. The number of aliphatic hydroxyl groups excluding tert-OH is 1. The van der Waals surface area contributed by atoms with Gasteiger partial charge in [0.15, 0.2) is 0 Å². The van der Waals surface area contributed by atoms with Gasteiger partial charge in [0.2, 0.25) is 0 Å². The van der Waals surface area contributed by atoms with Gasteiger partial charge in [0, 0.05) is 25.3 Å². The number of aliphatic hydroxyl groups is 1. The zero-order valence-corrected chi connectivity index (χ0v) is 10.2. The number of amides is 1. The van der Waals surface area contributed by atoms with Gasteiger partial charge < -0.3 is 15.3 Å². The van der Waals surface area contributed by atoms with Gasteiger partial charge in [-0.1, -0.05) is 0 Å². The monoisotopic (exact) mass is 225 g/mol. The first-order chi connectivity index (χ1) is 7.30. The number of nitrogens with zero attached hydrogens (tertiary/aromatic N) is 2. The van der Waals surface area contributed by atoms with Gasteiger partial charge in [-0.25, -0.2) is 0 Å². The lowest BCUT2D eigenvalue weighted by atomic mass is 10.1. The van der Waals surface area contributed by atoms with Gasteiger partial charge in [-0.05, 0) is 20.8 Å². The Kier molecular flexibility index (Phi) is 5.54. The van der Waals surface area contributed by atoms with Crippen LogP contribution >= 0.6 is 0 Å². The van der Waals surface area contributed by atoms with Crippen LogP contribution in [0.25, 0.3) is 0 Å². The molecule has 16 heavy (non-hydrogen) atoms. The first-order valence-corrected chi connectivity index (χ1v) is 5.05. The zero-order valence-electron chi connectivity index (χ0n) is 10.2. The SMILES string of the molecule is CN(/C=C(/C#N)C(=O)NC(C)(C)C)CCO. The van der Waals surface area contributed by atoms with Crippen molar-refractivity contribution in [3.63, 3.8) is 0 Å². The molecular formula is C11H19N3O2. The molecule has 5 heteroatoms. The van der Waals surface area contributed by atoms with Crippen LogP contribution in [0.5, 0.6) is 0 Å². The van der Waals surface area contributed by atoms with E-state index in [0.29, 0.717) is 6.54 Å². The third-order valence-electron chi connectivity index (χ3n) is 1.66. The van der Waals surface area contributed by atoms with Gasteiger partial charge in [-0.3, -0.25) is 4.79 Å². The lowest BCUT2D eigenvalue weighted by Gasteiger charge is -2.20. The van der Waals surface area contributed by atoms with Crippen molar-refractivity contribution in [2.75, 3.05) is 20.2 Å². The molecule has 5 nitrogen and oxygen atoms in total. The Labute approximate surface area is 96.4 Å². The second kappa shape index (κ2) is 6.13. The molecule has 0 aromatic heterocycles. The highest BCUT2D eigenvalue weighted by molar-refractivity contribution is 5.97. The fraction of sp³-hybridized carbons (Fsp3) is 0.636. The molecule has 0 atom stereocenters. The van der Waals surface area contributed by atoms with E-state index in [1.807, 2.05) is 26.8 Å². The zero-order chi connectivity index (χ0) is 12.8. The summed E-state index contributed by atoms with van der Waals surface area (Å²) in [5.74, 6) is -0.403. The normalized spacial score (nSPS) is 11.9. The predicted octanol–water partition coefficient (Wildman–Crippen LogP) is 0.233. The molecule has 2 N–H and O–H groups in total. The van der Waals surface area contributed by atoms with Gasteiger partial charge in [-0.15, -0.1) is 0 Å². The summed E-state index contributed by atoms with van der Waals surface area (Å²) in [5.41, 5.74) is -0.339. The molecule has 90 valence electrons. The van der Waals surface area contributed by atoms with E-state index in [-0.39, 0.29) is 17.7 Å². The number of rotatable bonds is 4. The highest BCUT2D eigenvalue weighted by atomic mass is 16.3. The molecule has 0 aromatic carbocycles. The Morgan fingerprint density at radius 1 is 1.56 bits per heavy atom. The summed E-state index contributed by atoms with van der Waals surface area (Å²) in [4.78, 5) is 13.2. The molecule has 0 fully saturated rings. The molecule has 0 bridgehead atoms. The largest absolute Gasteiger partial charge is 0.395 e. The summed E-state index contributed by atoms with van der Waals surface area (Å²) in [6.45, 7) is 5.90. The van der Waals surface area contributed by atoms with E-state index in [1.165, 1.54) is 6.20 Å². The van der Waals surface area contributed by atoms with E-state index in [9.17, 15) is 4.79 Å². The van der Waals surface area contributed by atoms with Crippen molar-refractivity contribution in [3.8, 4) is 6.07 Å². The molecule has 0 unspecified atom stereocenters. The Morgan fingerprint density at radius 2 is 2.12 bits per heavy atom. The number of nitriles is 1. The quantitative estimate of drug-likeness (QED) is 0.530. The number of carbonyl (C=O) groups is 1. The highest BCUT2D eigenvalue weighted by Crippen LogP contribution is 2.03. The van der Waals surface area contributed by atoms with Crippen molar-refractivity contribution in [2.24, 2.45) is 0 Å². The average Bonchev–Trinajstić information content (AvgIpc) is 2.11. The van der Waals surface area contributed by atoms with E-state index in [4.69, 9.17) is 10.4 Å². The Morgan fingerprint density at radius 3 is 2.50 bits per heavy atom. The Balaban J connectivity index is 4.63. The van der Waals surface area contributed by atoms with Crippen LogP contribution in [-0.2, 0) is 4.79 Å². The number of carbonyl (C=O) groups excluding carboxylic acids is 1. The smallest absolute Gasteiger partial charge is 0.263 e. The predicted molar refractivity (Wildman–Crippen MR) is 61.3 cm³/mol. The van der Waals surface area contributed by atoms with Crippen molar-refractivity contribution >= 4 is 5.91 Å². The fourth-order valence-electron chi connectivity index (χ4n) is 0.989. The lowest BCUT2D eigenvalue weighted by molar-refractivity contribution is -0.118. The molecule has 0 rings (SSSR count). The van der Waals surface area contributed by atoms with Gasteiger partial charge in [0.1, 0.15) is 11.6 Å². The minimum absolute atomic E-state index is 0.0212. The molecule has 0 aliphatic heterocycles. The van der Waals surface area contributed by atoms with E-state index < -0.39 is 5.91 Å². The summed E-state index contributed by atoms with van der Waals surface area (Å²) < 4.78 is 0. The van der Waals surface area contributed by atoms with Gasteiger partial charge in [0.05, 0.1) is 6.61 Å². The maximum Gasteiger partial charge on any atom is 0.263 e. The minimum atomic E-state index is -0.403. The van der Waals surface area contributed by atoms with Crippen LogP contribution in [-0.4, -0.2) is 41.7 Å². The molecule has 0 saturated heterocycles. The number of nitrogens with one attached hydrogen (secondary N) is 1. The van der Waals surface area contributed by atoms with Gasteiger partial charge in [-0.2, -0.15) is 5.26 Å². The lowest BCUT2D eigenvalue weighted by Crippen LogP contribution is -2.41. The first kappa shape index (κ1) is 14.5. The molecule has 0 radical (unpaired) electrons. The minimum Gasteiger partial charge on any atom is -0.395 e. The first-order valence-electron chi connectivity index (χ1n) is 5.05. The molecule has 1 amide bonds. The van der Waals surface area contributed by atoms with Crippen LogP contribution in [0.1, 0.15) is 20.8 Å².